The first-order valence-corrected chi connectivity index (χ1v) is 6.54. The molecule has 0 radical (unpaired) electrons. The fourth-order valence-corrected chi connectivity index (χ4v) is 2.94. The minimum atomic E-state index is 0.364. The van der Waals surface area contributed by atoms with Gasteiger partial charge in [-0.2, -0.15) is 5.26 Å². The first kappa shape index (κ1) is 11.4. The lowest BCUT2D eigenvalue weighted by Gasteiger charge is -2.48. The van der Waals surface area contributed by atoms with Crippen molar-refractivity contribution in [1.82, 2.24) is 15.3 Å². The van der Waals surface area contributed by atoms with Crippen molar-refractivity contribution < 1.29 is 0 Å². The lowest BCUT2D eigenvalue weighted by molar-refractivity contribution is 0.135. The quantitative estimate of drug-likeness (QED) is 0.822. The number of nitriles is 1. The van der Waals surface area contributed by atoms with E-state index in [9.17, 15) is 0 Å². The fraction of sp³-hybridized carbons (Fsp3) is 0.615. The summed E-state index contributed by atoms with van der Waals surface area (Å²) in [6, 6.07) is 4.08. The van der Waals surface area contributed by atoms with Crippen molar-refractivity contribution in [3.05, 3.63) is 18.0 Å². The molecule has 94 valence electrons. The van der Waals surface area contributed by atoms with E-state index in [-0.39, 0.29) is 0 Å². The molecular formula is C13H17N5. The van der Waals surface area contributed by atoms with Gasteiger partial charge in [0.15, 0.2) is 0 Å². The van der Waals surface area contributed by atoms with Crippen molar-refractivity contribution in [3.63, 3.8) is 0 Å². The molecule has 5 heteroatoms. The van der Waals surface area contributed by atoms with Crippen molar-refractivity contribution >= 4 is 5.95 Å². The van der Waals surface area contributed by atoms with Crippen LogP contribution in [0, 0.1) is 11.3 Å². The molecule has 2 N–H and O–H groups in total. The highest BCUT2D eigenvalue weighted by Gasteiger charge is 2.40. The Kier molecular flexibility index (Phi) is 2.88. The molecule has 1 aromatic heterocycles. The number of nitrogens with zero attached hydrogens (tertiary/aromatic N) is 3. The van der Waals surface area contributed by atoms with Crippen LogP contribution in [0.5, 0.6) is 0 Å². The summed E-state index contributed by atoms with van der Waals surface area (Å²) in [7, 11) is 0. The zero-order valence-corrected chi connectivity index (χ0v) is 10.3. The predicted octanol–water partition coefficient (Wildman–Crippen LogP) is 1.43. The van der Waals surface area contributed by atoms with Gasteiger partial charge in [-0.15, -0.1) is 0 Å². The second kappa shape index (κ2) is 4.54. The predicted molar refractivity (Wildman–Crippen MR) is 68.0 cm³/mol. The monoisotopic (exact) mass is 243 g/mol. The number of anilines is 1. The molecule has 3 rings (SSSR count). The van der Waals surface area contributed by atoms with Gasteiger partial charge in [-0.25, -0.2) is 9.97 Å². The molecule has 2 fully saturated rings. The summed E-state index contributed by atoms with van der Waals surface area (Å²) < 4.78 is 0. The Morgan fingerprint density at radius 2 is 2.39 bits per heavy atom. The maximum absolute atomic E-state index is 8.82. The Morgan fingerprint density at radius 1 is 1.50 bits per heavy atom. The zero-order valence-electron chi connectivity index (χ0n) is 10.3. The highest BCUT2D eigenvalue weighted by molar-refractivity contribution is 5.31. The van der Waals surface area contributed by atoms with Gasteiger partial charge < -0.3 is 10.6 Å². The van der Waals surface area contributed by atoms with E-state index in [2.05, 4.69) is 20.6 Å². The van der Waals surface area contributed by atoms with Crippen LogP contribution in [0.15, 0.2) is 12.3 Å². The summed E-state index contributed by atoms with van der Waals surface area (Å²) in [5, 5.41) is 15.8. The van der Waals surface area contributed by atoms with E-state index >= 15 is 0 Å². The molecular weight excluding hydrogens is 226 g/mol. The molecule has 0 aromatic carbocycles. The van der Waals surface area contributed by atoms with Crippen LogP contribution >= 0.6 is 0 Å². The van der Waals surface area contributed by atoms with Crippen molar-refractivity contribution in [2.45, 2.75) is 43.7 Å². The van der Waals surface area contributed by atoms with Crippen LogP contribution in [-0.2, 0) is 0 Å². The van der Waals surface area contributed by atoms with Gasteiger partial charge in [0, 0.05) is 17.8 Å². The van der Waals surface area contributed by atoms with Crippen LogP contribution < -0.4 is 10.6 Å². The Balaban J connectivity index is 1.66. The largest absolute Gasteiger partial charge is 0.351 e. The lowest BCUT2D eigenvalue weighted by Crippen LogP contribution is -2.58. The van der Waals surface area contributed by atoms with Crippen molar-refractivity contribution in [2.75, 3.05) is 11.9 Å². The van der Waals surface area contributed by atoms with E-state index in [1.165, 1.54) is 19.3 Å². The summed E-state index contributed by atoms with van der Waals surface area (Å²) in [6.45, 7) is 1.05. The number of rotatable bonds is 2. The average molecular weight is 243 g/mol. The third kappa shape index (κ3) is 2.16. The van der Waals surface area contributed by atoms with Gasteiger partial charge in [0.2, 0.25) is 5.95 Å². The minimum Gasteiger partial charge on any atom is -0.351 e. The highest BCUT2D eigenvalue weighted by Crippen LogP contribution is 2.38. The van der Waals surface area contributed by atoms with E-state index in [0.717, 1.165) is 19.4 Å². The Morgan fingerprint density at radius 3 is 3.11 bits per heavy atom. The molecule has 1 saturated carbocycles. The molecule has 0 amide bonds. The second-order valence-corrected chi connectivity index (χ2v) is 5.27. The summed E-state index contributed by atoms with van der Waals surface area (Å²) in [5.41, 5.74) is 0.780. The van der Waals surface area contributed by atoms with Crippen molar-refractivity contribution in [1.29, 1.82) is 5.26 Å². The normalized spacial score (nSPS) is 25.2. The molecule has 1 saturated heterocycles. The number of hydrogen-bond acceptors (Lipinski definition) is 5. The smallest absolute Gasteiger partial charge is 0.224 e. The number of hydrogen-bond donors (Lipinski definition) is 2. The molecule has 1 unspecified atom stereocenters. The highest BCUT2D eigenvalue weighted by atomic mass is 15.1. The third-order valence-electron chi connectivity index (χ3n) is 4.04. The van der Waals surface area contributed by atoms with Crippen LogP contribution in [0.2, 0.25) is 0 Å². The molecule has 1 aromatic rings. The molecule has 1 atom stereocenters. The number of aromatic nitrogens is 2. The molecule has 1 spiro atoms. The first-order valence-electron chi connectivity index (χ1n) is 6.54. The van der Waals surface area contributed by atoms with Crippen LogP contribution in [0.25, 0.3) is 0 Å². The minimum absolute atomic E-state index is 0.364. The summed E-state index contributed by atoms with van der Waals surface area (Å²) in [5.74, 6) is 0.579. The lowest BCUT2D eigenvalue weighted by atomic mass is 9.70. The molecule has 2 heterocycles. The van der Waals surface area contributed by atoms with Gasteiger partial charge in [0.05, 0.1) is 0 Å². The van der Waals surface area contributed by atoms with Crippen molar-refractivity contribution in [2.24, 2.45) is 0 Å². The SMILES string of the molecule is N#Cc1ccnc(NC2CCNC3(CCC3)C2)n1. The standard InChI is InChI=1S/C13H17N5/c14-9-11-2-6-15-12(18-11)17-10-3-7-16-13(8-10)4-1-5-13/h2,6,10,16H,1,3-5,7-8H2,(H,15,17,18). The molecule has 2 aliphatic rings. The second-order valence-electron chi connectivity index (χ2n) is 5.27. The van der Waals surface area contributed by atoms with Gasteiger partial charge >= 0.3 is 0 Å². The summed E-state index contributed by atoms with van der Waals surface area (Å²) >= 11 is 0. The van der Waals surface area contributed by atoms with Crippen molar-refractivity contribution in [3.8, 4) is 6.07 Å². The van der Waals surface area contributed by atoms with Crippen LogP contribution in [0.1, 0.15) is 37.8 Å². The van der Waals surface area contributed by atoms with Gasteiger partial charge in [0.25, 0.3) is 0 Å². The zero-order chi connectivity index (χ0) is 12.4. The van der Waals surface area contributed by atoms with E-state index in [4.69, 9.17) is 5.26 Å². The van der Waals surface area contributed by atoms with Gasteiger partial charge in [-0.05, 0) is 44.7 Å². The van der Waals surface area contributed by atoms with Crippen LogP contribution in [0.3, 0.4) is 0 Å². The van der Waals surface area contributed by atoms with Crippen LogP contribution in [0.4, 0.5) is 5.95 Å². The summed E-state index contributed by atoms with van der Waals surface area (Å²) in [6.07, 6.45) is 7.75. The van der Waals surface area contributed by atoms with E-state index in [1.807, 2.05) is 6.07 Å². The number of piperidine rings is 1. The fourth-order valence-electron chi connectivity index (χ4n) is 2.94. The van der Waals surface area contributed by atoms with Gasteiger partial charge in [-0.1, -0.05) is 0 Å². The molecule has 18 heavy (non-hydrogen) atoms. The average Bonchev–Trinajstić information content (AvgIpc) is 2.37. The molecule has 1 aliphatic heterocycles. The van der Waals surface area contributed by atoms with E-state index in [1.54, 1.807) is 12.3 Å². The van der Waals surface area contributed by atoms with E-state index < -0.39 is 0 Å². The maximum Gasteiger partial charge on any atom is 0.224 e. The Labute approximate surface area is 107 Å². The first-order chi connectivity index (χ1) is 8.80. The Bertz CT molecular complexity index is 475. The maximum atomic E-state index is 8.82. The summed E-state index contributed by atoms with van der Waals surface area (Å²) in [4.78, 5) is 8.35. The van der Waals surface area contributed by atoms with Gasteiger partial charge in [0.1, 0.15) is 11.8 Å². The number of nitrogens with one attached hydrogen (secondary N) is 2. The van der Waals surface area contributed by atoms with Crippen LogP contribution in [-0.4, -0.2) is 28.1 Å². The third-order valence-corrected chi connectivity index (χ3v) is 4.04. The molecule has 5 nitrogen and oxygen atoms in total. The molecule has 0 bridgehead atoms. The topological polar surface area (TPSA) is 73.6 Å². The van der Waals surface area contributed by atoms with E-state index in [0.29, 0.717) is 23.2 Å². The van der Waals surface area contributed by atoms with Gasteiger partial charge in [-0.3, -0.25) is 0 Å². The Hall–Kier alpha value is -1.67. The molecule has 1 aliphatic carbocycles.